The smallest absolute Gasteiger partial charge is 0.312 e. The Morgan fingerprint density at radius 1 is 1.54 bits per heavy atom. The van der Waals surface area contributed by atoms with Crippen molar-refractivity contribution in [1.29, 1.82) is 0 Å². The highest BCUT2D eigenvalue weighted by Gasteiger charge is 2.08. The number of carbonyl (C=O) groups excluding carboxylic acids is 1. The van der Waals surface area contributed by atoms with E-state index in [2.05, 4.69) is 26.1 Å². The molecule has 0 saturated heterocycles. The van der Waals surface area contributed by atoms with Gasteiger partial charge < -0.3 is 15.5 Å². The normalized spacial score (nSPS) is 12.2. The van der Waals surface area contributed by atoms with Crippen molar-refractivity contribution in [2.45, 2.75) is 38.8 Å². The highest BCUT2D eigenvalue weighted by Crippen LogP contribution is 2.06. The van der Waals surface area contributed by atoms with Crippen molar-refractivity contribution in [3.8, 4) is 0 Å². The van der Waals surface area contributed by atoms with Crippen LogP contribution in [0.25, 0.3) is 0 Å². The molecule has 0 aromatic rings. The van der Waals surface area contributed by atoms with Crippen LogP contribution in [0.1, 0.15) is 27.2 Å². The van der Waals surface area contributed by atoms with Gasteiger partial charge in [0.15, 0.2) is 9.76 Å². The van der Waals surface area contributed by atoms with Crippen LogP contribution in [0, 0.1) is 0 Å². The highest BCUT2D eigenvalue weighted by molar-refractivity contribution is 6.27. The van der Waals surface area contributed by atoms with Gasteiger partial charge in [-0.2, -0.15) is 0 Å². The van der Waals surface area contributed by atoms with Gasteiger partial charge in [0.2, 0.25) is 0 Å². The summed E-state index contributed by atoms with van der Waals surface area (Å²) in [5.41, 5.74) is 4.90. The second-order valence-electron chi connectivity index (χ2n) is 3.96. The molecular weight excluding hydrogens is 184 g/mol. The average Bonchev–Trinajstić information content (AvgIpc) is 1.93. The van der Waals surface area contributed by atoms with Crippen LogP contribution < -0.4 is 11.1 Å². The molecule has 78 valence electrons. The van der Waals surface area contributed by atoms with E-state index >= 15 is 0 Å². The molecular formula is C8H20N2O2Si. The summed E-state index contributed by atoms with van der Waals surface area (Å²) in [4.78, 5) is 10.3. The van der Waals surface area contributed by atoms with Crippen molar-refractivity contribution < 1.29 is 9.22 Å². The molecule has 4 nitrogen and oxygen atoms in total. The van der Waals surface area contributed by atoms with E-state index < -0.39 is 15.8 Å². The van der Waals surface area contributed by atoms with Crippen molar-refractivity contribution in [1.82, 2.24) is 5.32 Å². The molecule has 0 atom stereocenters. The second-order valence-corrected chi connectivity index (χ2v) is 5.36. The third-order valence-electron chi connectivity index (χ3n) is 1.41. The van der Waals surface area contributed by atoms with Crippen molar-refractivity contribution in [2.75, 3.05) is 6.54 Å². The number of hydrogen-bond acceptors (Lipinski definition) is 2. The number of hydrogen-bond donors (Lipinski definition) is 2. The molecule has 0 saturated carbocycles. The Labute approximate surface area is 82.2 Å². The van der Waals surface area contributed by atoms with Gasteiger partial charge in [-0.3, -0.25) is 0 Å². The van der Waals surface area contributed by atoms with Crippen molar-refractivity contribution in [3.05, 3.63) is 0 Å². The Kier molecular flexibility index (Phi) is 5.73. The maximum Gasteiger partial charge on any atom is 0.312 e. The summed E-state index contributed by atoms with van der Waals surface area (Å²) in [5, 5.41) is 2.55. The van der Waals surface area contributed by atoms with Gasteiger partial charge in [-0.15, -0.1) is 0 Å². The second kappa shape index (κ2) is 5.99. The van der Waals surface area contributed by atoms with E-state index in [-0.39, 0.29) is 5.60 Å². The minimum atomic E-state index is -0.446. The van der Waals surface area contributed by atoms with Gasteiger partial charge in [0.1, 0.15) is 0 Å². The molecule has 2 amide bonds. The minimum Gasteiger partial charge on any atom is -0.419 e. The van der Waals surface area contributed by atoms with E-state index in [0.29, 0.717) is 6.54 Å². The van der Waals surface area contributed by atoms with Gasteiger partial charge in [0, 0.05) is 12.1 Å². The molecule has 0 radical (unpaired) electrons. The van der Waals surface area contributed by atoms with Crippen LogP contribution in [0.4, 0.5) is 4.79 Å². The highest BCUT2D eigenvalue weighted by atomic mass is 28.2. The SMILES string of the molecule is CC(C)(C)O[SiH2]CCCNC(N)=O. The summed E-state index contributed by atoms with van der Waals surface area (Å²) in [6.45, 7) is 6.83. The molecule has 0 rings (SSSR count). The molecule has 0 aliphatic heterocycles. The summed E-state index contributed by atoms with van der Waals surface area (Å²) in [5.74, 6) is 0. The van der Waals surface area contributed by atoms with Crippen LogP contribution in [-0.2, 0) is 4.43 Å². The van der Waals surface area contributed by atoms with Gasteiger partial charge in [0.25, 0.3) is 0 Å². The average molecular weight is 204 g/mol. The zero-order valence-electron chi connectivity index (χ0n) is 8.72. The molecule has 0 aromatic carbocycles. The number of carbonyl (C=O) groups is 1. The lowest BCUT2D eigenvalue weighted by molar-refractivity contribution is 0.138. The van der Waals surface area contributed by atoms with Crippen LogP contribution in [-0.4, -0.2) is 27.9 Å². The zero-order chi connectivity index (χ0) is 10.3. The molecule has 0 bridgehead atoms. The number of amides is 2. The molecule has 0 heterocycles. The van der Waals surface area contributed by atoms with Crippen LogP contribution in [0.5, 0.6) is 0 Å². The first kappa shape index (κ1) is 12.4. The van der Waals surface area contributed by atoms with Crippen LogP contribution in [0.3, 0.4) is 0 Å². The molecule has 0 aliphatic carbocycles. The van der Waals surface area contributed by atoms with Crippen LogP contribution in [0.2, 0.25) is 6.04 Å². The number of urea groups is 1. The maximum atomic E-state index is 10.3. The molecule has 13 heavy (non-hydrogen) atoms. The first-order valence-corrected chi connectivity index (χ1v) is 6.17. The predicted octanol–water partition coefficient (Wildman–Crippen LogP) is 0.362. The Morgan fingerprint density at radius 3 is 2.62 bits per heavy atom. The lowest BCUT2D eigenvalue weighted by Crippen LogP contribution is -2.30. The monoisotopic (exact) mass is 204 g/mol. The Hall–Kier alpha value is -0.553. The summed E-state index contributed by atoms with van der Waals surface area (Å²) in [6, 6.07) is 0.635. The van der Waals surface area contributed by atoms with E-state index in [1.807, 2.05) is 0 Å². The maximum absolute atomic E-state index is 10.3. The third kappa shape index (κ3) is 11.4. The topological polar surface area (TPSA) is 64.3 Å². The van der Waals surface area contributed by atoms with Gasteiger partial charge in [-0.1, -0.05) is 0 Å². The lowest BCUT2D eigenvalue weighted by Gasteiger charge is -2.19. The van der Waals surface area contributed by atoms with E-state index in [0.717, 1.165) is 12.5 Å². The zero-order valence-corrected chi connectivity index (χ0v) is 10.1. The van der Waals surface area contributed by atoms with E-state index in [1.165, 1.54) is 0 Å². The van der Waals surface area contributed by atoms with Crippen LogP contribution >= 0.6 is 0 Å². The number of rotatable bonds is 5. The fraction of sp³-hybridized carbons (Fsp3) is 0.875. The number of nitrogens with two attached hydrogens (primary N) is 1. The quantitative estimate of drug-likeness (QED) is 0.502. The van der Waals surface area contributed by atoms with Gasteiger partial charge in [-0.05, 0) is 33.2 Å². The fourth-order valence-electron chi connectivity index (χ4n) is 0.817. The largest absolute Gasteiger partial charge is 0.419 e. The fourth-order valence-corrected chi connectivity index (χ4v) is 2.03. The van der Waals surface area contributed by atoms with Crippen molar-refractivity contribution >= 4 is 15.8 Å². The van der Waals surface area contributed by atoms with Gasteiger partial charge in [0.05, 0.1) is 0 Å². The molecule has 0 unspecified atom stereocenters. The minimum absolute atomic E-state index is 0.0106. The molecule has 0 fully saturated rings. The standard InChI is InChI=1S/C8H20N2O2Si/c1-8(2,3)12-13-6-4-5-10-7(9)11/h4-6,13H2,1-3H3,(H3,9,10,11). The number of nitrogens with one attached hydrogen (secondary N) is 1. The van der Waals surface area contributed by atoms with Crippen molar-refractivity contribution in [2.24, 2.45) is 5.73 Å². The Morgan fingerprint density at radius 2 is 2.15 bits per heavy atom. The number of primary amides is 1. The van der Waals surface area contributed by atoms with Crippen LogP contribution in [0.15, 0.2) is 0 Å². The summed E-state index contributed by atoms with van der Waals surface area (Å²) < 4.78 is 5.63. The predicted molar refractivity (Wildman–Crippen MR) is 56.4 cm³/mol. The summed E-state index contributed by atoms with van der Waals surface area (Å²) in [7, 11) is -0.430. The van der Waals surface area contributed by atoms with E-state index in [4.69, 9.17) is 10.2 Å². The molecule has 5 heteroatoms. The van der Waals surface area contributed by atoms with Crippen molar-refractivity contribution in [3.63, 3.8) is 0 Å². The summed E-state index contributed by atoms with van der Waals surface area (Å²) in [6.07, 6.45) is 0.964. The van der Waals surface area contributed by atoms with E-state index in [1.54, 1.807) is 0 Å². The Bertz CT molecular complexity index is 157. The molecule has 0 aliphatic rings. The third-order valence-corrected chi connectivity index (χ3v) is 3.26. The molecule has 0 aromatic heterocycles. The van der Waals surface area contributed by atoms with Gasteiger partial charge in [-0.25, -0.2) is 4.79 Å². The first-order chi connectivity index (χ1) is 5.92. The first-order valence-electron chi connectivity index (χ1n) is 4.59. The molecule has 3 N–H and O–H groups in total. The molecule has 0 spiro atoms. The summed E-state index contributed by atoms with van der Waals surface area (Å²) >= 11 is 0. The Balaban J connectivity index is 3.13. The van der Waals surface area contributed by atoms with Gasteiger partial charge >= 0.3 is 6.03 Å². The lowest BCUT2D eigenvalue weighted by atomic mass is 10.2. The van der Waals surface area contributed by atoms with E-state index in [9.17, 15) is 4.79 Å².